The van der Waals surface area contributed by atoms with Crippen molar-refractivity contribution in [3.63, 3.8) is 0 Å². The summed E-state index contributed by atoms with van der Waals surface area (Å²) in [4.78, 5) is 22.1. The lowest BCUT2D eigenvalue weighted by Gasteiger charge is -2.11. The Kier molecular flexibility index (Phi) is 4.88. The van der Waals surface area contributed by atoms with Crippen molar-refractivity contribution in [1.29, 1.82) is 0 Å². The smallest absolute Gasteiger partial charge is 0.321 e. The van der Waals surface area contributed by atoms with Crippen LogP contribution in [0.2, 0.25) is 5.02 Å². The summed E-state index contributed by atoms with van der Waals surface area (Å²) in [6.07, 6.45) is 0. The van der Waals surface area contributed by atoms with Crippen LogP contribution < -0.4 is 5.73 Å². The van der Waals surface area contributed by atoms with Crippen molar-refractivity contribution in [2.24, 2.45) is 5.73 Å². The minimum absolute atomic E-state index is 0.502. The first-order chi connectivity index (χ1) is 9.99. The third kappa shape index (κ3) is 3.77. The first-order valence-corrected chi connectivity index (χ1v) is 7.28. The van der Waals surface area contributed by atoms with E-state index < -0.39 is 16.5 Å². The lowest BCUT2D eigenvalue weighted by Crippen LogP contribution is -2.13. The normalized spacial score (nSPS) is 11.9. The van der Waals surface area contributed by atoms with Gasteiger partial charge in [-0.1, -0.05) is 54.1 Å². The summed E-state index contributed by atoms with van der Waals surface area (Å²) in [5, 5.41) is 8.04. The fourth-order valence-corrected chi connectivity index (χ4v) is 2.78. The Bertz CT molecular complexity index is 673. The molecule has 6 heteroatoms. The van der Waals surface area contributed by atoms with Gasteiger partial charge in [-0.2, -0.15) is 0 Å². The van der Waals surface area contributed by atoms with Crippen LogP contribution in [0.25, 0.3) is 11.1 Å². The van der Waals surface area contributed by atoms with E-state index in [2.05, 4.69) is 0 Å². The number of hydrogen-bond donors (Lipinski definition) is 2. The van der Waals surface area contributed by atoms with Gasteiger partial charge in [-0.3, -0.25) is 9.59 Å². The van der Waals surface area contributed by atoms with Gasteiger partial charge in [-0.15, -0.1) is 0 Å². The zero-order chi connectivity index (χ0) is 15.4. The number of amides is 1. The molecule has 0 aliphatic heterocycles. The van der Waals surface area contributed by atoms with Crippen molar-refractivity contribution in [2.45, 2.75) is 5.25 Å². The van der Waals surface area contributed by atoms with Crippen molar-refractivity contribution in [3.8, 4) is 11.1 Å². The molecule has 2 aromatic rings. The molecule has 2 aromatic carbocycles. The summed E-state index contributed by atoms with van der Waals surface area (Å²) in [6.45, 7) is 0. The van der Waals surface area contributed by atoms with Gasteiger partial charge in [0.2, 0.25) is 0 Å². The molecular weight excluding hydrogens is 310 g/mol. The molecule has 4 nitrogen and oxygen atoms in total. The number of rotatable bonds is 4. The minimum atomic E-state index is -1.11. The Morgan fingerprint density at radius 3 is 2.24 bits per heavy atom. The van der Waals surface area contributed by atoms with Crippen LogP contribution in [-0.2, 0) is 4.79 Å². The molecule has 1 amide bonds. The quantitative estimate of drug-likeness (QED) is 0.893. The maximum Gasteiger partial charge on any atom is 0.321 e. The third-order valence-corrected chi connectivity index (χ3v) is 4.13. The Labute approximate surface area is 130 Å². The van der Waals surface area contributed by atoms with Gasteiger partial charge in [0.05, 0.1) is 0 Å². The number of hydrogen-bond acceptors (Lipinski definition) is 3. The highest BCUT2D eigenvalue weighted by Gasteiger charge is 2.23. The van der Waals surface area contributed by atoms with Crippen molar-refractivity contribution >= 4 is 34.6 Å². The van der Waals surface area contributed by atoms with Gasteiger partial charge in [0.15, 0.2) is 0 Å². The number of halogens is 1. The molecule has 1 unspecified atom stereocenters. The highest BCUT2D eigenvalue weighted by Crippen LogP contribution is 2.32. The van der Waals surface area contributed by atoms with Crippen LogP contribution in [0.1, 0.15) is 10.8 Å². The van der Waals surface area contributed by atoms with E-state index in [0.717, 1.165) is 11.1 Å². The number of carbonyl (C=O) groups excluding carboxylic acids is 1. The van der Waals surface area contributed by atoms with Crippen LogP contribution in [0.4, 0.5) is 4.79 Å². The van der Waals surface area contributed by atoms with Gasteiger partial charge in [-0.05, 0) is 29.0 Å². The second-order valence-corrected chi connectivity index (χ2v) is 5.77. The minimum Gasteiger partial charge on any atom is -0.480 e. The standard InChI is InChI=1S/C15H12ClNO3S/c16-12-4-2-1-3-11(12)9-5-7-10(8-6-9)13(14(18)19)21-15(17)20/h1-8,13H,(H2,17,20)(H,18,19). The predicted molar refractivity (Wildman–Crippen MR) is 84.4 cm³/mol. The summed E-state index contributed by atoms with van der Waals surface area (Å²) in [7, 11) is 0. The van der Waals surface area contributed by atoms with E-state index in [0.29, 0.717) is 22.3 Å². The lowest BCUT2D eigenvalue weighted by atomic mass is 10.0. The van der Waals surface area contributed by atoms with Crippen LogP contribution >= 0.6 is 23.4 Å². The second kappa shape index (κ2) is 6.65. The summed E-state index contributed by atoms with van der Waals surface area (Å²) in [5.74, 6) is -1.11. The molecule has 0 bridgehead atoms. The average molecular weight is 322 g/mol. The number of thioether (sulfide) groups is 1. The van der Waals surface area contributed by atoms with Crippen molar-refractivity contribution in [3.05, 3.63) is 59.1 Å². The molecule has 0 aliphatic carbocycles. The topological polar surface area (TPSA) is 80.4 Å². The number of nitrogens with two attached hydrogens (primary N) is 1. The molecule has 0 radical (unpaired) electrons. The van der Waals surface area contributed by atoms with E-state index in [1.54, 1.807) is 30.3 Å². The second-order valence-electron chi connectivity index (χ2n) is 4.26. The molecule has 0 aromatic heterocycles. The zero-order valence-corrected chi connectivity index (χ0v) is 12.4. The Morgan fingerprint density at radius 2 is 1.71 bits per heavy atom. The highest BCUT2D eigenvalue weighted by atomic mass is 35.5. The molecule has 0 saturated heterocycles. The fourth-order valence-electron chi connectivity index (χ4n) is 1.91. The molecule has 108 valence electrons. The molecule has 0 saturated carbocycles. The Balaban J connectivity index is 2.32. The SMILES string of the molecule is NC(=O)SC(C(=O)O)c1ccc(-c2ccccc2Cl)cc1. The first-order valence-electron chi connectivity index (χ1n) is 6.03. The maximum atomic E-state index is 11.2. The number of carbonyl (C=O) groups is 2. The average Bonchev–Trinajstić information content (AvgIpc) is 2.45. The predicted octanol–water partition coefficient (Wildman–Crippen LogP) is 3.94. The Hall–Kier alpha value is -1.98. The van der Waals surface area contributed by atoms with Crippen LogP contribution in [-0.4, -0.2) is 16.3 Å². The van der Waals surface area contributed by atoms with Gasteiger partial charge in [0.25, 0.3) is 5.24 Å². The fraction of sp³-hybridized carbons (Fsp3) is 0.0667. The monoisotopic (exact) mass is 321 g/mol. The van der Waals surface area contributed by atoms with E-state index in [-0.39, 0.29) is 0 Å². The van der Waals surface area contributed by atoms with Gasteiger partial charge in [-0.25, -0.2) is 0 Å². The largest absolute Gasteiger partial charge is 0.480 e. The molecule has 1 atom stereocenters. The number of benzene rings is 2. The lowest BCUT2D eigenvalue weighted by molar-refractivity contribution is -0.136. The summed E-state index contributed by atoms with van der Waals surface area (Å²) in [5.41, 5.74) is 7.29. The molecule has 2 rings (SSSR count). The number of primary amides is 1. The molecule has 0 spiro atoms. The molecule has 0 aliphatic rings. The molecule has 21 heavy (non-hydrogen) atoms. The molecule has 0 fully saturated rings. The maximum absolute atomic E-state index is 11.2. The highest BCUT2D eigenvalue weighted by molar-refractivity contribution is 8.14. The van der Waals surface area contributed by atoms with E-state index in [4.69, 9.17) is 22.4 Å². The van der Waals surface area contributed by atoms with Crippen molar-refractivity contribution in [1.82, 2.24) is 0 Å². The van der Waals surface area contributed by atoms with E-state index >= 15 is 0 Å². The molecule has 3 N–H and O–H groups in total. The zero-order valence-electron chi connectivity index (χ0n) is 10.8. The van der Waals surface area contributed by atoms with Gasteiger partial charge >= 0.3 is 5.97 Å². The van der Waals surface area contributed by atoms with Gasteiger partial charge < -0.3 is 10.8 Å². The van der Waals surface area contributed by atoms with E-state index in [9.17, 15) is 9.59 Å². The van der Waals surface area contributed by atoms with Crippen LogP contribution in [0.15, 0.2) is 48.5 Å². The van der Waals surface area contributed by atoms with Gasteiger partial charge in [0.1, 0.15) is 5.25 Å². The van der Waals surface area contributed by atoms with E-state index in [1.165, 1.54) is 0 Å². The van der Waals surface area contributed by atoms with Crippen molar-refractivity contribution in [2.75, 3.05) is 0 Å². The van der Waals surface area contributed by atoms with Crippen molar-refractivity contribution < 1.29 is 14.7 Å². The first kappa shape index (κ1) is 15.4. The van der Waals surface area contributed by atoms with Crippen LogP contribution in [0, 0.1) is 0 Å². The molecule has 0 heterocycles. The Morgan fingerprint density at radius 1 is 1.10 bits per heavy atom. The summed E-state index contributed by atoms with van der Waals surface area (Å²) in [6, 6.07) is 14.2. The van der Waals surface area contributed by atoms with Gasteiger partial charge in [0, 0.05) is 10.6 Å². The molecular formula is C15H12ClNO3S. The summed E-state index contributed by atoms with van der Waals surface area (Å²) < 4.78 is 0. The third-order valence-electron chi connectivity index (χ3n) is 2.86. The number of aliphatic carboxylic acids is 1. The number of carboxylic acid groups (broad SMARTS) is 1. The number of carboxylic acids is 1. The van der Waals surface area contributed by atoms with Crippen LogP contribution in [0.3, 0.4) is 0 Å². The summed E-state index contributed by atoms with van der Waals surface area (Å²) >= 11 is 6.70. The van der Waals surface area contributed by atoms with E-state index in [1.807, 2.05) is 18.2 Å². The van der Waals surface area contributed by atoms with Crippen LogP contribution in [0.5, 0.6) is 0 Å².